The van der Waals surface area contributed by atoms with Crippen molar-refractivity contribution < 1.29 is 9.53 Å². The average Bonchev–Trinajstić information content (AvgIpc) is 2.80. The first kappa shape index (κ1) is 19.9. The second kappa shape index (κ2) is 8.53. The van der Waals surface area contributed by atoms with E-state index in [0.29, 0.717) is 11.4 Å². The van der Waals surface area contributed by atoms with Crippen LogP contribution < -0.4 is 15.6 Å². The van der Waals surface area contributed by atoms with Gasteiger partial charge >= 0.3 is 0 Å². The summed E-state index contributed by atoms with van der Waals surface area (Å²) in [4.78, 5) is 26.1. The molecule has 1 amide bonds. The van der Waals surface area contributed by atoms with Crippen molar-refractivity contribution in [3.63, 3.8) is 0 Å². The van der Waals surface area contributed by atoms with Crippen molar-refractivity contribution in [3.8, 4) is 17.0 Å². The normalized spacial score (nSPS) is 13.9. The molecule has 4 rings (SSSR count). The second-order valence-corrected chi connectivity index (χ2v) is 7.53. The lowest BCUT2D eigenvalue weighted by Gasteiger charge is -2.22. The lowest BCUT2D eigenvalue weighted by molar-refractivity contribution is -0.119. The number of aromatic nitrogens is 2. The number of hydrogen-bond acceptors (Lipinski definition) is 4. The van der Waals surface area contributed by atoms with Crippen molar-refractivity contribution in [2.45, 2.75) is 38.6 Å². The lowest BCUT2D eigenvalue weighted by atomic mass is 9.89. The van der Waals surface area contributed by atoms with Crippen LogP contribution in [0.3, 0.4) is 0 Å². The Kier molecular flexibility index (Phi) is 5.65. The Balaban J connectivity index is 1.72. The summed E-state index contributed by atoms with van der Waals surface area (Å²) in [7, 11) is 1.57. The summed E-state index contributed by atoms with van der Waals surface area (Å²) in [6.07, 6.45) is 3.59. The fourth-order valence-electron chi connectivity index (χ4n) is 3.90. The van der Waals surface area contributed by atoms with Gasteiger partial charge in [0, 0.05) is 22.9 Å². The number of methoxy groups -OCH3 is 1. The molecule has 2 aromatic carbocycles. The number of fused-ring (bicyclic) bond motifs is 1. The molecule has 1 unspecified atom stereocenters. The Morgan fingerprint density at radius 3 is 2.53 bits per heavy atom. The van der Waals surface area contributed by atoms with E-state index in [2.05, 4.69) is 10.4 Å². The number of carbonyl (C=O) groups excluding carboxylic acids is 1. The molecule has 0 radical (unpaired) electrons. The topological polar surface area (TPSA) is 73.2 Å². The number of rotatable bonds is 5. The van der Waals surface area contributed by atoms with Gasteiger partial charge in [0.05, 0.1) is 12.8 Å². The standard InChI is InChI=1S/C24H25N3O3/c1-16(23(28)25-18-11-8-12-19(15-18)30-2)27-24(29)21-14-7-6-13-20(21)22(26-27)17-9-4-3-5-10-17/h3-5,8-12,15-16H,6-7,13-14H2,1-2H3,(H,25,28). The van der Waals surface area contributed by atoms with Crippen LogP contribution in [-0.4, -0.2) is 22.8 Å². The van der Waals surface area contributed by atoms with Gasteiger partial charge in [0.25, 0.3) is 5.56 Å². The summed E-state index contributed by atoms with van der Waals surface area (Å²) < 4.78 is 6.54. The van der Waals surface area contributed by atoms with Crippen LogP contribution in [-0.2, 0) is 17.6 Å². The lowest BCUT2D eigenvalue weighted by Crippen LogP contribution is -2.37. The summed E-state index contributed by atoms with van der Waals surface area (Å²) in [6.45, 7) is 1.70. The molecule has 1 aromatic heterocycles. The summed E-state index contributed by atoms with van der Waals surface area (Å²) in [6, 6.07) is 16.2. The minimum Gasteiger partial charge on any atom is -0.497 e. The van der Waals surface area contributed by atoms with Crippen LogP contribution in [0.2, 0.25) is 0 Å². The van der Waals surface area contributed by atoms with Gasteiger partial charge in [-0.25, -0.2) is 4.68 Å². The Bertz CT molecular complexity index is 1120. The van der Waals surface area contributed by atoms with E-state index in [-0.39, 0.29) is 11.5 Å². The van der Waals surface area contributed by atoms with E-state index in [1.165, 1.54) is 4.68 Å². The molecule has 154 valence electrons. The third-order valence-corrected chi connectivity index (χ3v) is 5.56. The van der Waals surface area contributed by atoms with E-state index < -0.39 is 6.04 Å². The Labute approximate surface area is 175 Å². The van der Waals surface area contributed by atoms with Gasteiger partial charge in [-0.1, -0.05) is 36.4 Å². The third kappa shape index (κ3) is 3.85. The first-order valence-corrected chi connectivity index (χ1v) is 10.2. The largest absolute Gasteiger partial charge is 0.497 e. The number of anilines is 1. The number of hydrogen-bond donors (Lipinski definition) is 1. The maximum Gasteiger partial charge on any atom is 0.271 e. The van der Waals surface area contributed by atoms with Crippen LogP contribution in [0.1, 0.15) is 36.9 Å². The number of nitrogens with one attached hydrogen (secondary N) is 1. The summed E-state index contributed by atoms with van der Waals surface area (Å²) in [5.41, 5.74) is 4.01. The van der Waals surface area contributed by atoms with Crippen LogP contribution in [0.25, 0.3) is 11.3 Å². The molecule has 1 aliphatic rings. The predicted molar refractivity (Wildman–Crippen MR) is 117 cm³/mol. The molecular formula is C24H25N3O3. The highest BCUT2D eigenvalue weighted by Gasteiger charge is 2.25. The molecule has 1 N–H and O–H groups in total. The minimum absolute atomic E-state index is 0.169. The zero-order valence-electron chi connectivity index (χ0n) is 17.2. The van der Waals surface area contributed by atoms with E-state index in [1.54, 1.807) is 38.3 Å². The van der Waals surface area contributed by atoms with Gasteiger partial charge < -0.3 is 10.1 Å². The number of nitrogens with zero attached hydrogens (tertiary/aromatic N) is 2. The average molecular weight is 403 g/mol. The summed E-state index contributed by atoms with van der Waals surface area (Å²) >= 11 is 0. The number of amides is 1. The fraction of sp³-hybridized carbons (Fsp3) is 0.292. The van der Waals surface area contributed by atoms with Gasteiger partial charge in [-0.15, -0.1) is 0 Å². The van der Waals surface area contributed by atoms with Gasteiger partial charge in [0.1, 0.15) is 11.8 Å². The van der Waals surface area contributed by atoms with Gasteiger partial charge in [0.2, 0.25) is 5.91 Å². The molecule has 3 aromatic rings. The zero-order chi connectivity index (χ0) is 21.1. The molecule has 1 atom stereocenters. The molecule has 6 nitrogen and oxygen atoms in total. The predicted octanol–water partition coefficient (Wildman–Crippen LogP) is 4.00. The smallest absolute Gasteiger partial charge is 0.271 e. The number of carbonyl (C=O) groups is 1. The van der Waals surface area contributed by atoms with Gasteiger partial charge in [-0.3, -0.25) is 9.59 Å². The molecule has 0 saturated heterocycles. The highest BCUT2D eigenvalue weighted by Crippen LogP contribution is 2.28. The Hall–Kier alpha value is -3.41. The second-order valence-electron chi connectivity index (χ2n) is 7.53. The molecular weight excluding hydrogens is 378 g/mol. The van der Waals surface area contributed by atoms with Crippen molar-refractivity contribution in [1.82, 2.24) is 9.78 Å². The molecule has 0 fully saturated rings. The highest BCUT2D eigenvalue weighted by molar-refractivity contribution is 5.93. The maximum absolute atomic E-state index is 13.2. The highest BCUT2D eigenvalue weighted by atomic mass is 16.5. The summed E-state index contributed by atoms with van der Waals surface area (Å²) in [5, 5.41) is 7.53. The Morgan fingerprint density at radius 1 is 1.07 bits per heavy atom. The third-order valence-electron chi connectivity index (χ3n) is 5.56. The molecule has 0 aliphatic heterocycles. The van der Waals surface area contributed by atoms with Crippen molar-refractivity contribution in [3.05, 3.63) is 76.1 Å². The van der Waals surface area contributed by atoms with Gasteiger partial charge in [0.15, 0.2) is 0 Å². The maximum atomic E-state index is 13.2. The van der Waals surface area contributed by atoms with E-state index in [1.807, 2.05) is 30.3 Å². The first-order chi connectivity index (χ1) is 14.6. The van der Waals surface area contributed by atoms with E-state index in [9.17, 15) is 9.59 Å². The minimum atomic E-state index is -0.751. The molecule has 0 bridgehead atoms. The van der Waals surface area contributed by atoms with Crippen LogP contribution in [0.4, 0.5) is 5.69 Å². The zero-order valence-corrected chi connectivity index (χ0v) is 17.2. The van der Waals surface area contributed by atoms with Crippen molar-refractivity contribution in [2.24, 2.45) is 0 Å². The monoisotopic (exact) mass is 403 g/mol. The van der Waals surface area contributed by atoms with Crippen molar-refractivity contribution in [2.75, 3.05) is 12.4 Å². The molecule has 30 heavy (non-hydrogen) atoms. The Morgan fingerprint density at radius 2 is 1.80 bits per heavy atom. The van der Waals surface area contributed by atoms with Crippen molar-refractivity contribution >= 4 is 11.6 Å². The molecule has 0 saturated carbocycles. The molecule has 1 heterocycles. The van der Waals surface area contributed by atoms with Crippen molar-refractivity contribution in [1.29, 1.82) is 0 Å². The fourth-order valence-corrected chi connectivity index (χ4v) is 3.90. The molecule has 1 aliphatic carbocycles. The van der Waals surface area contributed by atoms with Crippen LogP contribution in [0, 0.1) is 0 Å². The van der Waals surface area contributed by atoms with Crippen LogP contribution >= 0.6 is 0 Å². The SMILES string of the molecule is COc1cccc(NC(=O)C(C)n2nc(-c3ccccc3)c3c(c2=O)CCCC3)c1. The van der Waals surface area contributed by atoms with Crippen LogP contribution in [0.5, 0.6) is 5.75 Å². The van der Waals surface area contributed by atoms with E-state index in [4.69, 9.17) is 4.74 Å². The summed E-state index contributed by atoms with van der Waals surface area (Å²) in [5.74, 6) is 0.350. The number of benzene rings is 2. The van der Waals surface area contributed by atoms with Crippen LogP contribution in [0.15, 0.2) is 59.4 Å². The first-order valence-electron chi connectivity index (χ1n) is 10.2. The van der Waals surface area contributed by atoms with E-state index in [0.717, 1.165) is 48.1 Å². The van der Waals surface area contributed by atoms with Gasteiger partial charge in [-0.2, -0.15) is 5.10 Å². The molecule has 6 heteroatoms. The number of ether oxygens (including phenoxy) is 1. The van der Waals surface area contributed by atoms with Gasteiger partial charge in [-0.05, 0) is 50.3 Å². The molecule has 0 spiro atoms. The van der Waals surface area contributed by atoms with E-state index >= 15 is 0 Å². The quantitative estimate of drug-likeness (QED) is 0.699.